The third-order valence-electron chi connectivity index (χ3n) is 16.5. The largest absolute Gasteiger partial charge is 0.493 e. The van der Waals surface area contributed by atoms with Gasteiger partial charge in [-0.3, -0.25) is 0 Å². The molecule has 2 nitrogen and oxygen atoms in total. The molecule has 0 spiro atoms. The SMILES string of the molecule is CCCCCCCCCCCCCCCCCCCCCCCCC#CCCc1ccccc1C1=C(CCCCC)C=C(c2cccc(CCCCCCCCCCCCCCCCCCCCCCC)c2)[N+]1=[N-]. The molecule has 2 aromatic rings. The highest BCUT2D eigenvalue weighted by Gasteiger charge is 2.30. The minimum absolute atomic E-state index is 0.863. The third-order valence-corrected chi connectivity index (χ3v) is 16.5. The maximum Gasteiger partial charge on any atom is 0.211 e. The van der Waals surface area contributed by atoms with E-state index in [0.29, 0.717) is 0 Å². The molecule has 0 unspecified atom stereocenters. The third kappa shape index (κ3) is 33.3. The fraction of sp³-hybridized carbons (Fsp3) is 0.750. The van der Waals surface area contributed by atoms with Gasteiger partial charge in [0.2, 0.25) is 11.4 Å². The molecule has 0 amide bonds. The van der Waals surface area contributed by atoms with Crippen LogP contribution in [0, 0.1) is 11.8 Å². The minimum atomic E-state index is 0.863. The molecule has 0 saturated heterocycles. The Morgan fingerprint density at radius 2 is 0.716 bits per heavy atom. The number of aryl methyl sites for hydroxylation is 2. The van der Waals surface area contributed by atoms with Gasteiger partial charge in [-0.15, -0.1) is 11.8 Å². The molecule has 2 heteroatoms. The highest BCUT2D eigenvalue weighted by atomic mass is 15.2. The van der Waals surface area contributed by atoms with Gasteiger partial charge in [-0.25, -0.2) is 4.70 Å². The van der Waals surface area contributed by atoms with E-state index in [2.05, 4.69) is 87.2 Å². The van der Waals surface area contributed by atoms with Crippen molar-refractivity contribution in [1.29, 1.82) is 0 Å². The molecule has 0 aliphatic carbocycles. The Morgan fingerprint density at radius 3 is 1.16 bits per heavy atom. The van der Waals surface area contributed by atoms with Crippen molar-refractivity contribution in [3.63, 3.8) is 0 Å². The predicted molar refractivity (Wildman–Crippen MR) is 330 cm³/mol. The van der Waals surface area contributed by atoms with E-state index < -0.39 is 0 Å². The number of hydrogen-bond acceptors (Lipinski definition) is 0. The van der Waals surface area contributed by atoms with Crippen LogP contribution in [-0.2, 0) is 12.8 Å². The van der Waals surface area contributed by atoms with Crippen molar-refractivity contribution in [2.24, 2.45) is 0 Å². The van der Waals surface area contributed by atoms with Crippen LogP contribution in [0.25, 0.3) is 16.9 Å². The summed E-state index contributed by atoms with van der Waals surface area (Å²) in [6.07, 6.45) is 71.9. The summed E-state index contributed by atoms with van der Waals surface area (Å²) in [6.45, 7) is 6.89. The maximum atomic E-state index is 12.0. The van der Waals surface area contributed by atoms with E-state index in [-0.39, 0.29) is 0 Å². The number of allylic oxidation sites excluding steroid dienone is 2. The van der Waals surface area contributed by atoms with E-state index in [4.69, 9.17) is 0 Å². The zero-order valence-electron chi connectivity index (χ0n) is 49.7. The maximum absolute atomic E-state index is 12.0. The van der Waals surface area contributed by atoms with Gasteiger partial charge < -0.3 is 5.53 Å². The second-order valence-corrected chi connectivity index (χ2v) is 23.4. The van der Waals surface area contributed by atoms with Crippen LogP contribution in [0.15, 0.2) is 60.2 Å². The fourth-order valence-electron chi connectivity index (χ4n) is 11.6. The normalized spacial score (nSPS) is 12.5. The van der Waals surface area contributed by atoms with Crippen LogP contribution in [0.1, 0.15) is 358 Å². The first kappa shape index (κ1) is 65.4. The van der Waals surface area contributed by atoms with E-state index in [0.717, 1.165) is 61.0 Å². The van der Waals surface area contributed by atoms with Gasteiger partial charge in [-0.1, -0.05) is 327 Å². The van der Waals surface area contributed by atoms with Gasteiger partial charge in [0.05, 0.1) is 0 Å². The van der Waals surface area contributed by atoms with Gasteiger partial charge in [0.1, 0.15) is 0 Å². The molecule has 0 N–H and O–H groups in total. The average molecular weight is 1010 g/mol. The fourth-order valence-corrected chi connectivity index (χ4v) is 11.6. The molecule has 1 aliphatic rings. The smallest absolute Gasteiger partial charge is 0.211 e. The van der Waals surface area contributed by atoms with Gasteiger partial charge in [-0.05, 0) is 67.9 Å². The molecule has 418 valence electrons. The summed E-state index contributed by atoms with van der Waals surface area (Å²) in [5, 5.41) is 0. The molecule has 3 rings (SSSR count). The summed E-state index contributed by atoms with van der Waals surface area (Å²) in [4.78, 5) is 0. The lowest BCUT2D eigenvalue weighted by Crippen LogP contribution is -2.05. The zero-order valence-corrected chi connectivity index (χ0v) is 49.7. The molecular formula is C72H120N2. The lowest BCUT2D eigenvalue weighted by Gasteiger charge is -2.13. The predicted octanol–water partition coefficient (Wildman–Crippen LogP) is 24.7. The lowest BCUT2D eigenvalue weighted by molar-refractivity contribution is -0.344. The Morgan fingerprint density at radius 1 is 0.351 bits per heavy atom. The summed E-state index contributed by atoms with van der Waals surface area (Å²) < 4.78 is 1.52. The molecule has 0 radical (unpaired) electrons. The van der Waals surface area contributed by atoms with Crippen molar-refractivity contribution in [2.75, 3.05) is 0 Å². The Bertz CT molecular complexity index is 1750. The van der Waals surface area contributed by atoms with Crippen LogP contribution in [0.2, 0.25) is 0 Å². The molecule has 0 atom stereocenters. The van der Waals surface area contributed by atoms with Crippen LogP contribution in [0.4, 0.5) is 0 Å². The van der Waals surface area contributed by atoms with Crippen LogP contribution in [-0.4, -0.2) is 4.70 Å². The Labute approximate surface area is 461 Å². The minimum Gasteiger partial charge on any atom is -0.493 e. The molecular weight excluding hydrogens is 893 g/mol. The standard InChI is InChI=1S/C72H120N2/c1-4-7-10-12-14-16-18-20-22-24-26-28-29-30-31-32-34-36-38-40-42-44-46-48-50-53-59-67-60-54-55-63-70(67)72-69(61-51-9-6-3)65-71(74(72)73)68-62-56-58-66(64-68)57-52-49-47-45-43-41-39-37-35-33-27-25-23-21-19-17-15-13-11-8-5-2/h54-56,58,60,62-65H,4-47,49,51-53,57,59,61H2,1-3H3. The van der Waals surface area contributed by atoms with Crippen LogP contribution in [0.3, 0.4) is 0 Å². The lowest BCUT2D eigenvalue weighted by atomic mass is 9.96. The highest BCUT2D eigenvalue weighted by Crippen LogP contribution is 2.39. The Kier molecular flexibility index (Phi) is 42.8. The van der Waals surface area contributed by atoms with E-state index in [1.165, 1.54) is 310 Å². The van der Waals surface area contributed by atoms with Gasteiger partial charge in [-0.2, -0.15) is 0 Å². The van der Waals surface area contributed by atoms with Gasteiger partial charge in [0.15, 0.2) is 0 Å². The van der Waals surface area contributed by atoms with E-state index in [1.807, 2.05) is 0 Å². The summed E-state index contributed by atoms with van der Waals surface area (Å²) >= 11 is 0. The van der Waals surface area contributed by atoms with E-state index >= 15 is 0 Å². The second-order valence-electron chi connectivity index (χ2n) is 23.4. The first-order valence-electron chi connectivity index (χ1n) is 33.3. The zero-order chi connectivity index (χ0) is 52.5. The van der Waals surface area contributed by atoms with Gasteiger partial charge in [0.25, 0.3) is 0 Å². The van der Waals surface area contributed by atoms with Crippen molar-refractivity contribution in [1.82, 2.24) is 0 Å². The molecule has 0 saturated carbocycles. The summed E-state index contributed by atoms with van der Waals surface area (Å²) in [7, 11) is 0. The molecule has 74 heavy (non-hydrogen) atoms. The summed E-state index contributed by atoms with van der Waals surface area (Å²) in [5.74, 6) is 7.03. The van der Waals surface area contributed by atoms with E-state index in [1.54, 1.807) is 0 Å². The average Bonchev–Trinajstić information content (AvgIpc) is 3.75. The quantitative estimate of drug-likeness (QED) is 0.0359. The molecule has 0 aromatic heterocycles. The van der Waals surface area contributed by atoms with Crippen LogP contribution in [0.5, 0.6) is 0 Å². The number of hydrogen-bond donors (Lipinski definition) is 0. The highest BCUT2D eigenvalue weighted by molar-refractivity contribution is 5.79. The molecule has 0 bridgehead atoms. The van der Waals surface area contributed by atoms with Crippen LogP contribution < -0.4 is 0 Å². The number of nitrogens with zero attached hydrogens (tertiary/aromatic N) is 2. The second kappa shape index (κ2) is 48.5. The summed E-state index contributed by atoms with van der Waals surface area (Å²) in [6, 6.07) is 17.8. The molecule has 1 aliphatic heterocycles. The monoisotopic (exact) mass is 1010 g/mol. The topological polar surface area (TPSA) is 25.3 Å². The number of rotatable bonds is 52. The first-order chi connectivity index (χ1) is 36.7. The number of unbranched alkanes of at least 4 members (excludes halogenated alkanes) is 44. The van der Waals surface area contributed by atoms with E-state index in [9.17, 15) is 5.53 Å². The van der Waals surface area contributed by atoms with Gasteiger partial charge >= 0.3 is 0 Å². The first-order valence-corrected chi connectivity index (χ1v) is 33.3. The Hall–Kier alpha value is -2.92. The Balaban J connectivity index is 1.25. The number of benzene rings is 2. The van der Waals surface area contributed by atoms with Crippen molar-refractivity contribution in [3.8, 4) is 11.8 Å². The van der Waals surface area contributed by atoms with Gasteiger partial charge in [0, 0.05) is 35.6 Å². The van der Waals surface area contributed by atoms with Crippen molar-refractivity contribution in [3.05, 3.63) is 88.0 Å². The van der Waals surface area contributed by atoms with Crippen molar-refractivity contribution >= 4 is 11.4 Å². The summed E-state index contributed by atoms with van der Waals surface area (Å²) in [5.41, 5.74) is 20.1. The molecule has 2 aromatic carbocycles. The molecule has 0 fully saturated rings. The van der Waals surface area contributed by atoms with Crippen molar-refractivity contribution in [2.45, 2.75) is 348 Å². The molecule has 1 heterocycles. The van der Waals surface area contributed by atoms with Crippen molar-refractivity contribution < 1.29 is 4.70 Å². The van der Waals surface area contributed by atoms with Crippen LogP contribution >= 0.6 is 0 Å².